The molecule has 2 unspecified atom stereocenters. The second-order valence-electron chi connectivity index (χ2n) is 5.66. The molecule has 1 amide bonds. The van der Waals surface area contributed by atoms with E-state index in [-0.39, 0.29) is 11.9 Å². The summed E-state index contributed by atoms with van der Waals surface area (Å²) in [4.78, 5) is 24.9. The van der Waals surface area contributed by atoms with Crippen LogP contribution in [0.2, 0.25) is 0 Å². The van der Waals surface area contributed by atoms with E-state index in [1.165, 1.54) is 0 Å². The first kappa shape index (κ1) is 16.0. The van der Waals surface area contributed by atoms with Crippen molar-refractivity contribution in [2.45, 2.75) is 58.5 Å². The number of aliphatic carboxylic acids is 1. The molecule has 0 radical (unpaired) electrons. The van der Waals surface area contributed by atoms with Crippen LogP contribution in [0.5, 0.6) is 0 Å². The predicted molar refractivity (Wildman–Crippen MR) is 73.9 cm³/mol. The molecule has 1 heterocycles. The van der Waals surface area contributed by atoms with Gasteiger partial charge in [-0.25, -0.2) is 0 Å². The Morgan fingerprint density at radius 1 is 1.42 bits per heavy atom. The van der Waals surface area contributed by atoms with Crippen molar-refractivity contribution in [3.8, 4) is 0 Å². The Kier molecular flexibility index (Phi) is 6.28. The predicted octanol–water partition coefficient (Wildman–Crippen LogP) is 1.48. The molecule has 19 heavy (non-hydrogen) atoms. The fourth-order valence-electron chi connectivity index (χ4n) is 2.62. The molecule has 1 aliphatic rings. The number of rotatable bonds is 6. The van der Waals surface area contributed by atoms with Gasteiger partial charge in [-0.3, -0.25) is 14.5 Å². The topological polar surface area (TPSA) is 69.6 Å². The molecule has 1 rings (SSSR count). The number of carboxylic acids is 1. The van der Waals surface area contributed by atoms with Gasteiger partial charge in [0.1, 0.15) is 6.04 Å². The molecule has 0 aromatic carbocycles. The van der Waals surface area contributed by atoms with Crippen LogP contribution in [-0.4, -0.2) is 47.1 Å². The lowest BCUT2D eigenvalue weighted by Crippen LogP contribution is -2.48. The Balaban J connectivity index is 2.47. The first-order chi connectivity index (χ1) is 8.93. The Morgan fingerprint density at radius 3 is 2.63 bits per heavy atom. The van der Waals surface area contributed by atoms with Crippen LogP contribution in [0.25, 0.3) is 0 Å². The van der Waals surface area contributed by atoms with E-state index in [4.69, 9.17) is 0 Å². The van der Waals surface area contributed by atoms with E-state index in [1.807, 2.05) is 18.7 Å². The van der Waals surface area contributed by atoms with Crippen LogP contribution in [0.3, 0.4) is 0 Å². The zero-order chi connectivity index (χ0) is 14.4. The normalized spacial score (nSPS) is 24.4. The van der Waals surface area contributed by atoms with Gasteiger partial charge in [0.05, 0.1) is 0 Å². The third-order valence-corrected chi connectivity index (χ3v) is 3.76. The summed E-state index contributed by atoms with van der Waals surface area (Å²) in [5, 5.41) is 12.1. The Labute approximate surface area is 115 Å². The van der Waals surface area contributed by atoms with Crippen LogP contribution in [0, 0.1) is 5.92 Å². The first-order valence-electron chi connectivity index (χ1n) is 7.20. The highest BCUT2D eigenvalue weighted by atomic mass is 16.4. The summed E-state index contributed by atoms with van der Waals surface area (Å²) < 4.78 is 0. The van der Waals surface area contributed by atoms with Crippen molar-refractivity contribution in [3.63, 3.8) is 0 Å². The van der Waals surface area contributed by atoms with Crippen molar-refractivity contribution in [2.75, 3.05) is 13.1 Å². The fraction of sp³-hybridized carbons (Fsp3) is 0.857. The molecule has 0 bridgehead atoms. The standard InChI is InChI=1S/C14H26N2O3/c1-4-11-5-7-16(12(9-11)14(18)19)8-6-13(17)15-10(2)3/h10-12H,4-9H2,1-3H3,(H,15,17)(H,18,19). The van der Waals surface area contributed by atoms with E-state index >= 15 is 0 Å². The van der Waals surface area contributed by atoms with Gasteiger partial charge in [-0.2, -0.15) is 0 Å². The van der Waals surface area contributed by atoms with Crippen LogP contribution < -0.4 is 5.32 Å². The first-order valence-corrected chi connectivity index (χ1v) is 7.20. The smallest absolute Gasteiger partial charge is 0.320 e. The molecule has 2 N–H and O–H groups in total. The molecule has 5 nitrogen and oxygen atoms in total. The zero-order valence-corrected chi connectivity index (χ0v) is 12.2. The molecule has 5 heteroatoms. The quantitative estimate of drug-likeness (QED) is 0.767. The number of piperidine rings is 1. The maximum atomic E-state index is 11.6. The Morgan fingerprint density at radius 2 is 2.11 bits per heavy atom. The van der Waals surface area contributed by atoms with Gasteiger partial charge in [-0.1, -0.05) is 13.3 Å². The third-order valence-electron chi connectivity index (χ3n) is 3.76. The minimum Gasteiger partial charge on any atom is -0.480 e. The SMILES string of the molecule is CCC1CCN(CCC(=O)NC(C)C)C(C(=O)O)C1. The van der Waals surface area contributed by atoms with Crippen LogP contribution in [0.4, 0.5) is 0 Å². The molecule has 1 saturated heterocycles. The Bertz CT molecular complexity index is 318. The molecule has 2 atom stereocenters. The van der Waals surface area contributed by atoms with E-state index in [9.17, 15) is 14.7 Å². The molecule has 110 valence electrons. The highest BCUT2D eigenvalue weighted by Gasteiger charge is 2.32. The summed E-state index contributed by atoms with van der Waals surface area (Å²) >= 11 is 0. The van der Waals surface area contributed by atoms with Crippen LogP contribution in [0.15, 0.2) is 0 Å². The summed E-state index contributed by atoms with van der Waals surface area (Å²) in [5.41, 5.74) is 0. The monoisotopic (exact) mass is 270 g/mol. The average Bonchev–Trinajstić information content (AvgIpc) is 2.35. The molecular weight excluding hydrogens is 244 g/mol. The van der Waals surface area contributed by atoms with Crippen molar-refractivity contribution in [1.29, 1.82) is 0 Å². The van der Waals surface area contributed by atoms with Crippen molar-refractivity contribution >= 4 is 11.9 Å². The van der Waals surface area contributed by atoms with Crippen molar-refractivity contribution < 1.29 is 14.7 Å². The van der Waals surface area contributed by atoms with Gasteiger partial charge in [-0.15, -0.1) is 0 Å². The number of amides is 1. The summed E-state index contributed by atoms with van der Waals surface area (Å²) in [6.45, 7) is 7.26. The average molecular weight is 270 g/mol. The number of carboxylic acid groups (broad SMARTS) is 1. The molecule has 0 saturated carbocycles. The maximum absolute atomic E-state index is 11.6. The number of carbonyl (C=O) groups is 2. The number of likely N-dealkylation sites (tertiary alicyclic amines) is 1. The van der Waals surface area contributed by atoms with Crippen LogP contribution in [-0.2, 0) is 9.59 Å². The maximum Gasteiger partial charge on any atom is 0.320 e. The highest BCUT2D eigenvalue weighted by Crippen LogP contribution is 2.25. The number of nitrogens with one attached hydrogen (secondary N) is 1. The second kappa shape index (κ2) is 7.48. The molecule has 0 aromatic heterocycles. The van der Waals surface area contributed by atoms with E-state index in [1.54, 1.807) is 0 Å². The van der Waals surface area contributed by atoms with Gasteiger partial charge in [0, 0.05) is 19.0 Å². The molecule has 1 fully saturated rings. The molecular formula is C14H26N2O3. The molecule has 1 aliphatic heterocycles. The van der Waals surface area contributed by atoms with E-state index in [2.05, 4.69) is 12.2 Å². The number of hydrogen-bond acceptors (Lipinski definition) is 3. The van der Waals surface area contributed by atoms with Crippen LogP contribution in [0.1, 0.15) is 46.5 Å². The summed E-state index contributed by atoms with van der Waals surface area (Å²) in [7, 11) is 0. The lowest BCUT2D eigenvalue weighted by molar-refractivity contribution is -0.146. The minimum absolute atomic E-state index is 0.00301. The van der Waals surface area contributed by atoms with Gasteiger partial charge < -0.3 is 10.4 Å². The Hall–Kier alpha value is -1.10. The third kappa shape index (κ3) is 5.19. The molecule has 0 aromatic rings. The number of hydrogen-bond donors (Lipinski definition) is 2. The van der Waals surface area contributed by atoms with Crippen molar-refractivity contribution in [1.82, 2.24) is 10.2 Å². The van der Waals surface area contributed by atoms with Gasteiger partial charge in [0.2, 0.25) is 5.91 Å². The largest absolute Gasteiger partial charge is 0.480 e. The van der Waals surface area contributed by atoms with Gasteiger partial charge >= 0.3 is 5.97 Å². The second-order valence-corrected chi connectivity index (χ2v) is 5.66. The zero-order valence-electron chi connectivity index (χ0n) is 12.2. The summed E-state index contributed by atoms with van der Waals surface area (Å²) in [6.07, 6.45) is 3.15. The lowest BCUT2D eigenvalue weighted by Gasteiger charge is -2.36. The van der Waals surface area contributed by atoms with Crippen LogP contribution >= 0.6 is 0 Å². The number of nitrogens with zero attached hydrogens (tertiary/aromatic N) is 1. The summed E-state index contributed by atoms with van der Waals surface area (Å²) in [5.74, 6) is -0.263. The molecule has 0 spiro atoms. The fourth-order valence-corrected chi connectivity index (χ4v) is 2.62. The van der Waals surface area contributed by atoms with E-state index in [0.717, 1.165) is 19.4 Å². The van der Waals surface area contributed by atoms with E-state index in [0.29, 0.717) is 25.3 Å². The summed E-state index contributed by atoms with van der Waals surface area (Å²) in [6, 6.07) is -0.292. The van der Waals surface area contributed by atoms with Crippen molar-refractivity contribution in [2.24, 2.45) is 5.92 Å². The van der Waals surface area contributed by atoms with E-state index < -0.39 is 12.0 Å². The minimum atomic E-state index is -0.762. The van der Waals surface area contributed by atoms with Crippen molar-refractivity contribution in [3.05, 3.63) is 0 Å². The lowest BCUT2D eigenvalue weighted by atomic mass is 9.89. The number of carbonyl (C=O) groups excluding carboxylic acids is 1. The molecule has 0 aliphatic carbocycles. The highest BCUT2D eigenvalue weighted by molar-refractivity contribution is 5.77. The van der Waals surface area contributed by atoms with Gasteiger partial charge in [-0.05, 0) is 39.2 Å². The van der Waals surface area contributed by atoms with Gasteiger partial charge in [0.15, 0.2) is 0 Å². The van der Waals surface area contributed by atoms with Gasteiger partial charge in [0.25, 0.3) is 0 Å².